The van der Waals surface area contributed by atoms with E-state index in [9.17, 15) is 14.4 Å². The van der Waals surface area contributed by atoms with Gasteiger partial charge in [0.1, 0.15) is 11.4 Å². The lowest BCUT2D eigenvalue weighted by Gasteiger charge is -2.31. The van der Waals surface area contributed by atoms with E-state index in [2.05, 4.69) is 5.10 Å². The highest BCUT2D eigenvalue weighted by Gasteiger charge is 2.35. The third kappa shape index (κ3) is 4.10. The first-order chi connectivity index (χ1) is 17.4. The monoisotopic (exact) mass is 487 g/mol. The molecule has 2 N–H and O–H groups in total. The van der Waals surface area contributed by atoms with Crippen molar-refractivity contribution in [1.29, 1.82) is 0 Å². The van der Waals surface area contributed by atoms with Crippen molar-refractivity contribution >= 4 is 29.1 Å². The first kappa shape index (κ1) is 23.6. The molecule has 0 unspecified atom stereocenters. The fraction of sp³-hybridized carbons (Fsp3) is 0.333. The lowest BCUT2D eigenvalue weighted by molar-refractivity contribution is -0.119. The molecule has 0 atom stereocenters. The largest absolute Gasteiger partial charge is 0.494 e. The minimum atomic E-state index is -0.663. The predicted octanol–water partition coefficient (Wildman–Crippen LogP) is 3.40. The van der Waals surface area contributed by atoms with Crippen LogP contribution in [-0.2, 0) is 11.2 Å². The highest BCUT2D eigenvalue weighted by molar-refractivity contribution is 6.09. The van der Waals surface area contributed by atoms with Crippen molar-refractivity contribution in [2.75, 3.05) is 29.5 Å². The Kier molecular flexibility index (Phi) is 6.22. The molecular weight excluding hydrogens is 458 g/mol. The number of hydrogen-bond acceptors (Lipinski definition) is 5. The van der Waals surface area contributed by atoms with E-state index in [4.69, 9.17) is 10.5 Å². The van der Waals surface area contributed by atoms with E-state index >= 15 is 0 Å². The second kappa shape index (κ2) is 9.49. The molecule has 2 aromatic carbocycles. The van der Waals surface area contributed by atoms with Crippen molar-refractivity contribution in [3.8, 4) is 11.4 Å². The number of nitrogens with zero attached hydrogens (tertiary/aromatic N) is 4. The second-order valence-corrected chi connectivity index (χ2v) is 9.06. The summed E-state index contributed by atoms with van der Waals surface area (Å²) in [5.41, 5.74) is 9.78. The fourth-order valence-corrected chi connectivity index (χ4v) is 5.01. The van der Waals surface area contributed by atoms with Crippen molar-refractivity contribution in [2.45, 2.75) is 39.5 Å². The minimum Gasteiger partial charge on any atom is -0.494 e. The zero-order chi connectivity index (χ0) is 25.4. The summed E-state index contributed by atoms with van der Waals surface area (Å²) in [6.07, 6.45) is 2.92. The second-order valence-electron chi connectivity index (χ2n) is 9.06. The number of aromatic nitrogens is 2. The third-order valence-corrected chi connectivity index (χ3v) is 6.75. The van der Waals surface area contributed by atoms with Crippen LogP contribution >= 0.6 is 0 Å². The van der Waals surface area contributed by atoms with Crippen molar-refractivity contribution in [2.24, 2.45) is 5.73 Å². The fourth-order valence-electron chi connectivity index (χ4n) is 5.01. The van der Waals surface area contributed by atoms with Gasteiger partial charge >= 0.3 is 0 Å². The number of anilines is 2. The van der Waals surface area contributed by atoms with E-state index in [0.717, 1.165) is 29.8 Å². The molecule has 3 aromatic rings. The summed E-state index contributed by atoms with van der Waals surface area (Å²) in [6.45, 7) is 5.50. The molecule has 1 fully saturated rings. The number of piperidine rings is 1. The van der Waals surface area contributed by atoms with Crippen LogP contribution in [0.4, 0.5) is 11.4 Å². The summed E-state index contributed by atoms with van der Waals surface area (Å²) in [4.78, 5) is 41.9. The molecule has 2 aliphatic heterocycles. The maximum Gasteiger partial charge on any atom is 0.277 e. The van der Waals surface area contributed by atoms with Crippen molar-refractivity contribution in [1.82, 2.24) is 9.78 Å². The van der Waals surface area contributed by atoms with Crippen LogP contribution in [0.2, 0.25) is 0 Å². The van der Waals surface area contributed by atoms with Gasteiger partial charge in [-0.25, -0.2) is 4.68 Å². The molecule has 0 aliphatic carbocycles. The summed E-state index contributed by atoms with van der Waals surface area (Å²) < 4.78 is 7.01. The molecule has 1 aromatic heterocycles. The van der Waals surface area contributed by atoms with Crippen LogP contribution in [0.1, 0.15) is 58.3 Å². The van der Waals surface area contributed by atoms with Gasteiger partial charge < -0.3 is 20.3 Å². The summed E-state index contributed by atoms with van der Waals surface area (Å²) in [6, 6.07) is 12.9. The Morgan fingerprint density at radius 2 is 1.75 bits per heavy atom. The van der Waals surface area contributed by atoms with Crippen LogP contribution in [0, 0.1) is 6.92 Å². The number of benzene rings is 2. The highest BCUT2D eigenvalue weighted by atomic mass is 16.5. The van der Waals surface area contributed by atoms with Crippen LogP contribution in [0.25, 0.3) is 5.69 Å². The zero-order valence-corrected chi connectivity index (χ0v) is 20.5. The number of rotatable bonds is 6. The first-order valence-electron chi connectivity index (χ1n) is 12.3. The molecule has 186 valence electrons. The van der Waals surface area contributed by atoms with Gasteiger partial charge in [0, 0.05) is 36.4 Å². The van der Waals surface area contributed by atoms with Gasteiger partial charge in [-0.05, 0) is 81.1 Å². The Bertz CT molecular complexity index is 1340. The van der Waals surface area contributed by atoms with Gasteiger partial charge in [0.2, 0.25) is 5.91 Å². The van der Waals surface area contributed by atoms with Gasteiger partial charge in [0.25, 0.3) is 11.8 Å². The molecule has 0 spiro atoms. The molecule has 9 nitrogen and oxygen atoms in total. The number of primary amides is 1. The first-order valence-corrected chi connectivity index (χ1v) is 12.3. The standard InChI is InChI=1S/C27H29N5O4/c1-3-36-20-10-7-18(8-11-20)32-25-21(24(29-32)26(28)34)13-15-30(27(25)35)19-9-12-22(17(2)16-19)31-14-5-4-6-23(31)33/h7-12,16H,3-6,13-15H2,1-2H3,(H2,28,34). The van der Waals surface area contributed by atoms with Crippen molar-refractivity contribution in [3.63, 3.8) is 0 Å². The Morgan fingerprint density at radius 1 is 1.00 bits per heavy atom. The van der Waals surface area contributed by atoms with E-state index in [1.165, 1.54) is 4.68 Å². The predicted molar refractivity (Wildman–Crippen MR) is 136 cm³/mol. The van der Waals surface area contributed by atoms with E-state index in [1.54, 1.807) is 29.2 Å². The lowest BCUT2D eigenvalue weighted by Crippen LogP contribution is -2.39. The van der Waals surface area contributed by atoms with Gasteiger partial charge in [-0.2, -0.15) is 5.10 Å². The maximum absolute atomic E-state index is 13.8. The number of aryl methyl sites for hydroxylation is 1. The van der Waals surface area contributed by atoms with Gasteiger partial charge in [0.05, 0.1) is 12.3 Å². The Labute approximate surface area is 209 Å². The molecule has 2 aliphatic rings. The summed E-state index contributed by atoms with van der Waals surface area (Å²) in [5.74, 6) is -0.0861. The smallest absolute Gasteiger partial charge is 0.277 e. The van der Waals surface area contributed by atoms with Crippen LogP contribution in [0.5, 0.6) is 5.75 Å². The zero-order valence-electron chi connectivity index (χ0n) is 20.5. The SMILES string of the molecule is CCOc1ccc(-n2nc(C(N)=O)c3c2C(=O)N(c2ccc(N4CCCCC4=O)c(C)c2)CC3)cc1. The molecule has 36 heavy (non-hydrogen) atoms. The van der Waals surface area contributed by atoms with Crippen LogP contribution in [0.15, 0.2) is 42.5 Å². The molecule has 0 bridgehead atoms. The number of fused-ring (bicyclic) bond motifs is 1. The summed E-state index contributed by atoms with van der Waals surface area (Å²) in [5, 5.41) is 4.43. The third-order valence-electron chi connectivity index (χ3n) is 6.75. The van der Waals surface area contributed by atoms with Gasteiger partial charge in [-0.3, -0.25) is 14.4 Å². The van der Waals surface area contributed by atoms with E-state index < -0.39 is 5.91 Å². The Morgan fingerprint density at radius 3 is 2.42 bits per heavy atom. The number of ether oxygens (including phenoxy) is 1. The Hall–Kier alpha value is -4.14. The van der Waals surface area contributed by atoms with Crippen LogP contribution < -0.4 is 20.3 Å². The summed E-state index contributed by atoms with van der Waals surface area (Å²) >= 11 is 0. The molecule has 5 rings (SSSR count). The maximum atomic E-state index is 13.8. The lowest BCUT2D eigenvalue weighted by atomic mass is 10.0. The topological polar surface area (TPSA) is 111 Å². The molecule has 0 saturated carbocycles. The van der Waals surface area contributed by atoms with Crippen LogP contribution in [-0.4, -0.2) is 47.2 Å². The molecule has 3 amide bonds. The van der Waals surface area contributed by atoms with E-state index in [-0.39, 0.29) is 17.5 Å². The molecular formula is C27H29N5O4. The van der Waals surface area contributed by atoms with Gasteiger partial charge in [-0.15, -0.1) is 0 Å². The summed E-state index contributed by atoms with van der Waals surface area (Å²) in [7, 11) is 0. The molecule has 0 radical (unpaired) electrons. The van der Waals surface area contributed by atoms with Gasteiger partial charge in [-0.1, -0.05) is 0 Å². The quantitative estimate of drug-likeness (QED) is 0.573. The van der Waals surface area contributed by atoms with Crippen molar-refractivity contribution < 1.29 is 19.1 Å². The average molecular weight is 488 g/mol. The molecule has 9 heteroatoms. The van der Waals surface area contributed by atoms with E-state index in [1.807, 2.05) is 36.9 Å². The number of carbonyl (C=O) groups excluding carboxylic acids is 3. The molecule has 3 heterocycles. The normalized spacial score (nSPS) is 15.7. The average Bonchev–Trinajstić information content (AvgIpc) is 3.26. The highest BCUT2D eigenvalue weighted by Crippen LogP contribution is 2.33. The number of carbonyl (C=O) groups is 3. The molecule has 1 saturated heterocycles. The van der Waals surface area contributed by atoms with E-state index in [0.29, 0.717) is 55.2 Å². The number of amides is 3. The number of hydrogen-bond donors (Lipinski definition) is 1. The number of nitrogens with two attached hydrogens (primary N) is 1. The Balaban J connectivity index is 1.51. The van der Waals surface area contributed by atoms with Gasteiger partial charge in [0.15, 0.2) is 5.69 Å². The van der Waals surface area contributed by atoms with Crippen molar-refractivity contribution in [3.05, 3.63) is 65.0 Å². The van der Waals surface area contributed by atoms with Crippen LogP contribution in [0.3, 0.4) is 0 Å². The minimum absolute atomic E-state index is 0.113.